The number of hydrogen-bond acceptors (Lipinski definition) is 4. The van der Waals surface area contributed by atoms with Gasteiger partial charge in [-0.15, -0.1) is 0 Å². The van der Waals surface area contributed by atoms with E-state index in [-0.39, 0.29) is 30.2 Å². The first-order valence-electron chi connectivity index (χ1n) is 10.8. The van der Waals surface area contributed by atoms with E-state index in [2.05, 4.69) is 22.0 Å². The number of allylic oxidation sites excluding steroid dienone is 1. The Labute approximate surface area is 197 Å². The van der Waals surface area contributed by atoms with Crippen molar-refractivity contribution in [3.05, 3.63) is 76.9 Å². The van der Waals surface area contributed by atoms with Crippen LogP contribution in [0.3, 0.4) is 0 Å². The van der Waals surface area contributed by atoms with Crippen LogP contribution in [0.2, 0.25) is 0 Å². The molecular weight excluding hydrogens is 445 g/mol. The first kappa shape index (κ1) is 26.7. The first-order valence-corrected chi connectivity index (χ1v) is 10.8. The van der Waals surface area contributed by atoms with Crippen molar-refractivity contribution in [1.29, 1.82) is 0 Å². The molecule has 7 nitrogen and oxygen atoms in total. The van der Waals surface area contributed by atoms with Crippen LogP contribution in [-0.4, -0.2) is 28.2 Å². The van der Waals surface area contributed by atoms with Crippen molar-refractivity contribution in [3.8, 4) is 0 Å². The lowest BCUT2D eigenvalue weighted by atomic mass is 9.89. The molecule has 0 aliphatic heterocycles. The lowest BCUT2D eigenvalue weighted by Gasteiger charge is -2.21. The van der Waals surface area contributed by atoms with E-state index in [1.54, 1.807) is 13.8 Å². The van der Waals surface area contributed by atoms with Crippen LogP contribution in [0.15, 0.2) is 59.5 Å². The van der Waals surface area contributed by atoms with Gasteiger partial charge in [-0.2, -0.15) is 18.3 Å². The van der Waals surface area contributed by atoms with Gasteiger partial charge in [0.15, 0.2) is 0 Å². The number of halogens is 3. The Morgan fingerprint density at radius 2 is 1.88 bits per heavy atom. The average Bonchev–Trinajstić information content (AvgIpc) is 3.15. The van der Waals surface area contributed by atoms with Crippen LogP contribution in [0.1, 0.15) is 60.3 Å². The number of nitrogens with one attached hydrogen (secondary N) is 1. The summed E-state index contributed by atoms with van der Waals surface area (Å²) < 4.78 is 40.0. The summed E-state index contributed by atoms with van der Waals surface area (Å²) >= 11 is 0. The summed E-state index contributed by atoms with van der Waals surface area (Å²) in [5.41, 5.74) is 13.3. The number of nitrogens with zero attached hydrogens (tertiary/aromatic N) is 3. The second-order valence-electron chi connectivity index (χ2n) is 8.55. The van der Waals surface area contributed by atoms with Gasteiger partial charge in [-0.25, -0.2) is 9.67 Å². The summed E-state index contributed by atoms with van der Waals surface area (Å²) in [5.74, 6) is -0.180. The Morgan fingerprint density at radius 3 is 2.41 bits per heavy atom. The maximum absolute atomic E-state index is 12.9. The fraction of sp³-hybridized carbons (Fsp3) is 0.375. The molecule has 0 fully saturated rings. The van der Waals surface area contributed by atoms with Crippen molar-refractivity contribution in [3.63, 3.8) is 0 Å². The number of hydrogen-bond donors (Lipinski definition) is 3. The highest BCUT2D eigenvalue weighted by Gasteiger charge is 2.30. The van der Waals surface area contributed by atoms with Gasteiger partial charge >= 0.3 is 6.18 Å². The minimum atomic E-state index is -4.39. The highest BCUT2D eigenvalue weighted by Crippen LogP contribution is 2.31. The van der Waals surface area contributed by atoms with Gasteiger partial charge in [-0.1, -0.05) is 32.6 Å². The van der Waals surface area contributed by atoms with Crippen molar-refractivity contribution < 1.29 is 18.0 Å². The Morgan fingerprint density at radius 1 is 1.26 bits per heavy atom. The summed E-state index contributed by atoms with van der Waals surface area (Å²) in [5, 5.41) is 7.10. The predicted octanol–water partition coefficient (Wildman–Crippen LogP) is 4.31. The molecule has 2 rings (SSSR count). The quantitative estimate of drug-likeness (QED) is 0.299. The molecule has 0 aliphatic rings. The molecule has 1 unspecified atom stereocenters. The molecule has 0 bridgehead atoms. The fourth-order valence-electron chi connectivity index (χ4n) is 3.27. The number of aromatic nitrogens is 2. The zero-order chi connectivity index (χ0) is 25.6. The molecule has 0 aliphatic carbocycles. The van der Waals surface area contributed by atoms with E-state index in [4.69, 9.17) is 11.5 Å². The van der Waals surface area contributed by atoms with Crippen LogP contribution >= 0.6 is 0 Å². The largest absolute Gasteiger partial charge is 0.416 e. The van der Waals surface area contributed by atoms with Gasteiger partial charge in [0.1, 0.15) is 0 Å². The molecule has 0 saturated carbocycles. The lowest BCUT2D eigenvalue weighted by Crippen LogP contribution is -2.29. The summed E-state index contributed by atoms with van der Waals surface area (Å²) in [6.45, 7) is 11.3. The molecule has 0 spiro atoms. The van der Waals surface area contributed by atoms with E-state index in [0.29, 0.717) is 28.9 Å². The minimum absolute atomic E-state index is 0.0465. The van der Waals surface area contributed by atoms with Crippen molar-refractivity contribution in [2.24, 2.45) is 22.4 Å². The molecule has 2 aromatic rings. The Bertz CT molecular complexity index is 1080. The third-order valence-corrected chi connectivity index (χ3v) is 5.25. The third kappa shape index (κ3) is 7.23. The van der Waals surface area contributed by atoms with Crippen molar-refractivity contribution in [2.75, 3.05) is 6.54 Å². The van der Waals surface area contributed by atoms with Crippen LogP contribution in [0.4, 0.5) is 13.2 Å². The number of aliphatic imine (C=N–C) groups is 1. The topological polar surface area (TPSA) is 111 Å². The summed E-state index contributed by atoms with van der Waals surface area (Å²) in [6, 6.07) is 5.07. The lowest BCUT2D eigenvalue weighted by molar-refractivity contribution is -0.137. The van der Waals surface area contributed by atoms with Gasteiger partial charge in [0.25, 0.3) is 5.91 Å². The second kappa shape index (κ2) is 11.0. The molecule has 0 radical (unpaired) electrons. The average molecular weight is 477 g/mol. The Kier molecular flexibility index (Phi) is 8.67. The van der Waals surface area contributed by atoms with Crippen LogP contribution in [0.25, 0.3) is 0 Å². The molecular formula is C24H31F3N6O. The molecule has 10 heteroatoms. The SMILES string of the molecule is C=C(N)/C(C)=C\N=C(/N)n1cc(C(=O)NCC(CC(C)C)c2ccc(C(F)(F)F)cc2)c(C)n1. The minimum Gasteiger partial charge on any atom is -0.399 e. The maximum Gasteiger partial charge on any atom is 0.416 e. The molecule has 184 valence electrons. The van der Waals surface area contributed by atoms with Crippen LogP contribution in [0.5, 0.6) is 0 Å². The van der Waals surface area contributed by atoms with Crippen LogP contribution in [0, 0.1) is 12.8 Å². The number of carbonyl (C=O) groups is 1. The molecule has 34 heavy (non-hydrogen) atoms. The molecule has 1 amide bonds. The number of carbonyl (C=O) groups excluding carboxylic acids is 1. The zero-order valence-electron chi connectivity index (χ0n) is 19.8. The molecule has 1 aromatic heterocycles. The zero-order valence-corrected chi connectivity index (χ0v) is 19.8. The molecule has 1 atom stereocenters. The predicted molar refractivity (Wildman–Crippen MR) is 127 cm³/mol. The van der Waals surface area contributed by atoms with Gasteiger partial charge in [0, 0.05) is 30.6 Å². The van der Waals surface area contributed by atoms with Crippen molar-refractivity contribution in [2.45, 2.75) is 46.2 Å². The Hall–Kier alpha value is -3.56. The number of amides is 1. The van der Waals surface area contributed by atoms with Gasteiger partial charge in [-0.05, 0) is 49.5 Å². The number of nitrogens with two attached hydrogens (primary N) is 2. The molecule has 5 N–H and O–H groups in total. The first-order chi connectivity index (χ1) is 15.8. The number of alkyl halides is 3. The molecule has 1 aromatic carbocycles. The summed E-state index contributed by atoms with van der Waals surface area (Å²) in [7, 11) is 0. The highest BCUT2D eigenvalue weighted by atomic mass is 19.4. The van der Waals surface area contributed by atoms with Gasteiger partial charge in [0.2, 0.25) is 5.96 Å². The van der Waals surface area contributed by atoms with Crippen molar-refractivity contribution >= 4 is 11.9 Å². The number of rotatable bonds is 8. The van der Waals surface area contributed by atoms with Crippen molar-refractivity contribution in [1.82, 2.24) is 15.1 Å². The summed E-state index contributed by atoms with van der Waals surface area (Å²) in [4.78, 5) is 16.9. The van der Waals surface area contributed by atoms with E-state index >= 15 is 0 Å². The standard InChI is InChI=1S/C24H31F3N6O/c1-14(2)10-19(18-6-8-20(9-7-18)24(25,26)27)12-30-22(34)21-13-33(32-17(21)5)23(29)31-11-15(3)16(4)28/h6-9,11,13-14,19H,4,10,12,28H2,1-3,5H3,(H2,29,31)(H,30,34)/b15-11-. The number of aryl methyl sites for hydroxylation is 1. The van der Waals surface area contributed by atoms with Gasteiger partial charge in [-0.3, -0.25) is 4.79 Å². The van der Waals surface area contributed by atoms with E-state index in [1.807, 2.05) is 13.8 Å². The maximum atomic E-state index is 12.9. The number of benzene rings is 1. The highest BCUT2D eigenvalue weighted by molar-refractivity contribution is 5.96. The normalized spacial score (nSPS) is 13.8. The second-order valence-corrected chi connectivity index (χ2v) is 8.55. The smallest absolute Gasteiger partial charge is 0.399 e. The van der Waals surface area contributed by atoms with E-state index in [0.717, 1.165) is 17.7 Å². The van der Waals surface area contributed by atoms with E-state index in [9.17, 15) is 18.0 Å². The van der Waals surface area contributed by atoms with Crippen LogP contribution in [-0.2, 0) is 6.18 Å². The molecule has 1 heterocycles. The monoisotopic (exact) mass is 476 g/mol. The van der Waals surface area contributed by atoms with E-state index < -0.39 is 11.7 Å². The molecule has 0 saturated heterocycles. The van der Waals surface area contributed by atoms with Crippen LogP contribution < -0.4 is 16.8 Å². The third-order valence-electron chi connectivity index (χ3n) is 5.25. The van der Waals surface area contributed by atoms with Gasteiger partial charge < -0.3 is 16.8 Å². The Balaban J connectivity index is 2.16. The van der Waals surface area contributed by atoms with Gasteiger partial charge in [0.05, 0.1) is 16.8 Å². The summed E-state index contributed by atoms with van der Waals surface area (Å²) in [6.07, 6.45) is -0.772. The van der Waals surface area contributed by atoms with E-state index in [1.165, 1.54) is 29.2 Å². The fourth-order valence-corrected chi connectivity index (χ4v) is 3.27.